The first-order valence-corrected chi connectivity index (χ1v) is 15.6. The standard InChI is InChI=1S/C24H21N4O8PS3/c1-8-6-11-15-22(38-19(25)10(3)24(15)39-17(20(31)32)18(40-24)21(33)34)37(36)28-16(11)12(9(8)2)7-26(23(28)35)27-13(29)4-5-14(27)30/h6,36H,4-5,7,25H2,1-3H3,(H,31,32)(H,33,34). The number of imide groups is 1. The van der Waals surface area contributed by atoms with E-state index >= 15 is 0 Å². The topological polar surface area (TPSA) is 182 Å². The number of rotatable bonds is 3. The van der Waals surface area contributed by atoms with Crippen LogP contribution in [0.5, 0.6) is 0 Å². The summed E-state index contributed by atoms with van der Waals surface area (Å²) in [5.74, 6) is -3.80. The number of aryl methyl sites for hydroxylation is 1. The van der Waals surface area contributed by atoms with Gasteiger partial charge in [-0.15, -0.1) is 0 Å². The third-order valence-corrected chi connectivity index (χ3v) is 13.9. The third kappa shape index (κ3) is 3.48. The molecular formula is C24H21N4O8PS3. The molecule has 16 heteroatoms. The molecule has 5 heterocycles. The van der Waals surface area contributed by atoms with Gasteiger partial charge in [-0.05, 0) is 43.5 Å². The number of hydrogen-bond donors (Lipinski definition) is 4. The monoisotopic (exact) mass is 620 g/mol. The van der Waals surface area contributed by atoms with E-state index in [-0.39, 0.29) is 34.2 Å². The Hall–Kier alpha value is -2.97. The molecule has 1 saturated heterocycles. The van der Waals surface area contributed by atoms with Gasteiger partial charge in [0.2, 0.25) is 11.8 Å². The van der Waals surface area contributed by atoms with Crippen molar-refractivity contribution in [2.24, 2.45) is 5.73 Å². The van der Waals surface area contributed by atoms with Crippen molar-refractivity contribution >= 4 is 84.6 Å². The molecule has 1 spiro atoms. The van der Waals surface area contributed by atoms with E-state index in [0.717, 1.165) is 56.4 Å². The highest BCUT2D eigenvalue weighted by molar-refractivity contribution is 8.27. The molecule has 1 atom stereocenters. The summed E-state index contributed by atoms with van der Waals surface area (Å²) in [4.78, 5) is 74.5. The van der Waals surface area contributed by atoms with Crippen molar-refractivity contribution in [2.45, 2.75) is 44.2 Å². The number of nitrogens with two attached hydrogens (primary N) is 1. The normalized spacial score (nSPS) is 23.6. The van der Waals surface area contributed by atoms with Gasteiger partial charge in [0.15, 0.2) is 8.30 Å². The predicted octanol–water partition coefficient (Wildman–Crippen LogP) is 3.59. The van der Waals surface area contributed by atoms with E-state index in [1.807, 2.05) is 19.9 Å². The Kier molecular flexibility index (Phi) is 6.13. The Bertz CT molecular complexity index is 1580. The summed E-state index contributed by atoms with van der Waals surface area (Å²) in [6.45, 7) is 5.31. The van der Waals surface area contributed by atoms with Gasteiger partial charge in [-0.3, -0.25) is 9.59 Å². The van der Waals surface area contributed by atoms with Crippen LogP contribution < -0.4 is 10.4 Å². The third-order valence-electron chi connectivity index (χ3n) is 7.47. The molecule has 40 heavy (non-hydrogen) atoms. The maximum Gasteiger partial charge on any atom is 0.349 e. The van der Waals surface area contributed by atoms with Crippen molar-refractivity contribution in [1.82, 2.24) is 10.0 Å². The molecule has 5 aliphatic rings. The largest absolute Gasteiger partial charge is 0.477 e. The van der Waals surface area contributed by atoms with Crippen LogP contribution in [0.2, 0.25) is 0 Å². The molecule has 1 aromatic rings. The number of benzene rings is 1. The van der Waals surface area contributed by atoms with E-state index in [9.17, 15) is 39.1 Å². The van der Waals surface area contributed by atoms with Crippen LogP contribution in [-0.4, -0.2) is 59.0 Å². The van der Waals surface area contributed by atoms with Gasteiger partial charge in [-0.1, -0.05) is 35.3 Å². The number of carbonyl (C=O) groups is 5. The lowest BCUT2D eigenvalue weighted by Crippen LogP contribution is -2.56. The van der Waals surface area contributed by atoms with E-state index in [4.69, 9.17) is 5.73 Å². The molecule has 0 saturated carbocycles. The number of fused-ring (bicyclic) bond motifs is 2. The predicted molar refractivity (Wildman–Crippen MR) is 151 cm³/mol. The smallest absolute Gasteiger partial charge is 0.349 e. The Morgan fingerprint density at radius 1 is 1.02 bits per heavy atom. The van der Waals surface area contributed by atoms with Crippen molar-refractivity contribution in [3.05, 3.63) is 53.4 Å². The van der Waals surface area contributed by atoms with Gasteiger partial charge >= 0.3 is 18.0 Å². The lowest BCUT2D eigenvalue weighted by atomic mass is 9.89. The van der Waals surface area contributed by atoms with Gasteiger partial charge in [0, 0.05) is 29.5 Å². The fourth-order valence-corrected chi connectivity index (χ4v) is 12.1. The number of thioether (sulfide) groups is 3. The number of carbonyl (C=O) groups excluding carboxylic acids is 3. The zero-order valence-electron chi connectivity index (χ0n) is 21.2. The lowest BCUT2D eigenvalue weighted by molar-refractivity contribution is -0.153. The van der Waals surface area contributed by atoms with Crippen LogP contribution in [0.15, 0.2) is 31.1 Å². The second-order valence-corrected chi connectivity index (χ2v) is 15.1. The number of aliphatic carboxylic acids is 2. The Balaban J connectivity index is 1.60. The fraction of sp³-hybridized carbons (Fsp3) is 0.292. The van der Waals surface area contributed by atoms with Crippen LogP contribution in [0.3, 0.4) is 0 Å². The Morgan fingerprint density at radius 2 is 1.60 bits per heavy atom. The second kappa shape index (κ2) is 9.02. The van der Waals surface area contributed by atoms with Gasteiger partial charge in [-0.25, -0.2) is 24.1 Å². The van der Waals surface area contributed by atoms with Crippen molar-refractivity contribution < 1.29 is 39.1 Å². The number of carboxylic acid groups (broad SMARTS) is 2. The van der Waals surface area contributed by atoms with E-state index < -0.39 is 42.2 Å². The van der Waals surface area contributed by atoms with E-state index in [0.29, 0.717) is 32.6 Å². The maximum absolute atomic E-state index is 13.9. The minimum absolute atomic E-state index is 0.0189. The Morgan fingerprint density at radius 3 is 2.15 bits per heavy atom. The first-order chi connectivity index (χ1) is 18.8. The molecule has 12 nitrogen and oxygen atoms in total. The van der Waals surface area contributed by atoms with E-state index in [1.165, 1.54) is 4.67 Å². The zero-order chi connectivity index (χ0) is 29.0. The van der Waals surface area contributed by atoms with E-state index in [1.54, 1.807) is 6.92 Å². The number of carboxylic acids is 2. The number of amides is 4. The molecule has 6 rings (SSSR count). The summed E-state index contributed by atoms with van der Waals surface area (Å²) in [5, 5.41) is 21.9. The average Bonchev–Trinajstić information content (AvgIpc) is 3.45. The molecule has 0 radical (unpaired) electrons. The summed E-state index contributed by atoms with van der Waals surface area (Å²) < 4.78 is 0.166. The number of nitrogens with zero attached hydrogens (tertiary/aromatic N) is 3. The quantitative estimate of drug-likeness (QED) is 0.285. The van der Waals surface area contributed by atoms with Gasteiger partial charge < -0.3 is 20.8 Å². The van der Waals surface area contributed by atoms with E-state index in [2.05, 4.69) is 0 Å². The molecule has 0 aliphatic carbocycles. The molecular weight excluding hydrogens is 599 g/mol. The van der Waals surface area contributed by atoms with Crippen LogP contribution in [-0.2, 0) is 25.7 Å². The SMILES string of the molecule is CC1=C(N)SC2=C(c3cc(C)c(C)c4c3N(C(=O)N(N3C(=O)CCC3=O)C4)P2O)C12SC(C(=O)O)=C(C(=O)O)S2. The first-order valence-electron chi connectivity index (χ1n) is 11.9. The molecule has 1 aromatic carbocycles. The van der Waals surface area contributed by atoms with Crippen LogP contribution in [0.25, 0.3) is 5.57 Å². The molecule has 208 valence electrons. The minimum atomic E-state index is -2.46. The van der Waals surface area contributed by atoms with Crippen LogP contribution in [0.4, 0.5) is 10.5 Å². The summed E-state index contributed by atoms with van der Waals surface area (Å²) >= 11 is 2.74. The summed E-state index contributed by atoms with van der Waals surface area (Å²) in [7, 11) is -2.46. The highest BCUT2D eigenvalue weighted by Gasteiger charge is 2.58. The van der Waals surface area contributed by atoms with Crippen LogP contribution >= 0.6 is 43.6 Å². The molecule has 4 amide bonds. The number of hydrogen-bond acceptors (Lipinski definition) is 10. The van der Waals surface area contributed by atoms with Gasteiger partial charge in [-0.2, -0.15) is 5.01 Å². The average molecular weight is 621 g/mol. The Labute approximate surface area is 241 Å². The highest BCUT2D eigenvalue weighted by atomic mass is 32.2. The van der Waals surface area contributed by atoms with Crippen LogP contribution in [0.1, 0.15) is 42.0 Å². The summed E-state index contributed by atoms with van der Waals surface area (Å²) in [5.41, 5.74) is 10.6. The molecule has 5 aliphatic heterocycles. The van der Waals surface area contributed by atoms with Crippen molar-refractivity contribution in [1.29, 1.82) is 0 Å². The highest BCUT2D eigenvalue weighted by Crippen LogP contribution is 2.74. The maximum atomic E-state index is 13.9. The van der Waals surface area contributed by atoms with Crippen LogP contribution in [0, 0.1) is 13.8 Å². The van der Waals surface area contributed by atoms with Crippen molar-refractivity contribution in [3.63, 3.8) is 0 Å². The molecule has 1 unspecified atom stereocenters. The number of urea groups is 1. The molecule has 1 fully saturated rings. The summed E-state index contributed by atoms with van der Waals surface area (Å²) in [6.07, 6.45) is -0.0378. The van der Waals surface area contributed by atoms with Gasteiger partial charge in [0.05, 0.1) is 21.9 Å². The zero-order valence-corrected chi connectivity index (χ0v) is 24.5. The number of hydrazine groups is 1. The molecule has 0 aromatic heterocycles. The summed E-state index contributed by atoms with van der Waals surface area (Å²) in [6, 6.07) is 1.09. The fourth-order valence-electron chi connectivity index (χ4n) is 5.37. The van der Waals surface area contributed by atoms with Crippen molar-refractivity contribution in [2.75, 3.05) is 4.67 Å². The van der Waals surface area contributed by atoms with Gasteiger partial charge in [0.1, 0.15) is 13.9 Å². The number of anilines is 1. The minimum Gasteiger partial charge on any atom is -0.477 e. The lowest BCUT2D eigenvalue weighted by Gasteiger charge is -2.49. The van der Waals surface area contributed by atoms with Crippen molar-refractivity contribution in [3.8, 4) is 0 Å². The second-order valence-electron chi connectivity index (χ2n) is 9.59. The van der Waals surface area contributed by atoms with Gasteiger partial charge in [0.25, 0.3) is 0 Å². The molecule has 5 N–H and O–H groups in total. The molecule has 0 bridgehead atoms. The first kappa shape index (κ1) is 27.2.